The number of hydrogen-bond donors (Lipinski definition) is 2. The zero-order valence-corrected chi connectivity index (χ0v) is 12.1. The minimum Gasteiger partial charge on any atom is -0.496 e. The number of carbonyl (C=O) groups is 2. The Balaban J connectivity index is 2.50. The van der Waals surface area contributed by atoms with E-state index in [4.69, 9.17) is 9.84 Å². The molecular weight excluding hydrogens is 258 g/mol. The summed E-state index contributed by atoms with van der Waals surface area (Å²) in [5, 5.41) is 11.5. The van der Waals surface area contributed by atoms with Crippen LogP contribution in [0.2, 0.25) is 0 Å². The zero-order chi connectivity index (χ0) is 15.1. The minimum atomic E-state index is -0.848. The summed E-state index contributed by atoms with van der Waals surface area (Å²) in [6.45, 7) is 3.94. The second-order valence-electron chi connectivity index (χ2n) is 4.87. The van der Waals surface area contributed by atoms with Crippen LogP contribution >= 0.6 is 0 Å². The topological polar surface area (TPSA) is 75.6 Å². The molecule has 0 aromatic heterocycles. The number of rotatable bonds is 7. The summed E-state index contributed by atoms with van der Waals surface area (Å²) in [5.74, 6) is -0.750. The molecule has 5 heteroatoms. The fourth-order valence-electron chi connectivity index (χ4n) is 1.83. The molecule has 0 saturated heterocycles. The van der Waals surface area contributed by atoms with Crippen LogP contribution in [0.25, 0.3) is 0 Å². The van der Waals surface area contributed by atoms with Crippen molar-refractivity contribution in [1.29, 1.82) is 0 Å². The SMILES string of the molecule is COc1ccc(C)cc1CC(=O)NCCC(C)C(=O)O. The van der Waals surface area contributed by atoms with Gasteiger partial charge in [0.2, 0.25) is 5.91 Å². The summed E-state index contributed by atoms with van der Waals surface area (Å²) < 4.78 is 5.22. The van der Waals surface area contributed by atoms with Gasteiger partial charge in [0.15, 0.2) is 0 Å². The molecule has 0 aliphatic rings. The number of ether oxygens (including phenoxy) is 1. The summed E-state index contributed by atoms with van der Waals surface area (Å²) >= 11 is 0. The van der Waals surface area contributed by atoms with Gasteiger partial charge in [-0.3, -0.25) is 9.59 Å². The fraction of sp³-hybridized carbons (Fsp3) is 0.467. The summed E-state index contributed by atoms with van der Waals surface area (Å²) in [6, 6.07) is 5.68. The zero-order valence-electron chi connectivity index (χ0n) is 12.1. The van der Waals surface area contributed by atoms with Crippen molar-refractivity contribution < 1.29 is 19.4 Å². The molecule has 1 aromatic rings. The standard InChI is InChI=1S/C15H21NO4/c1-10-4-5-13(20-3)12(8-10)9-14(17)16-7-6-11(2)15(18)19/h4-5,8,11H,6-7,9H2,1-3H3,(H,16,17)(H,18,19). The number of amides is 1. The molecule has 110 valence electrons. The molecule has 0 radical (unpaired) electrons. The quantitative estimate of drug-likeness (QED) is 0.797. The van der Waals surface area contributed by atoms with E-state index in [-0.39, 0.29) is 12.3 Å². The highest BCUT2D eigenvalue weighted by molar-refractivity contribution is 5.79. The van der Waals surface area contributed by atoms with E-state index in [0.717, 1.165) is 11.1 Å². The number of aryl methyl sites for hydroxylation is 1. The van der Waals surface area contributed by atoms with Crippen molar-refractivity contribution in [3.63, 3.8) is 0 Å². The predicted molar refractivity (Wildman–Crippen MR) is 75.9 cm³/mol. The Bertz CT molecular complexity index is 485. The van der Waals surface area contributed by atoms with Crippen LogP contribution in [0.4, 0.5) is 0 Å². The van der Waals surface area contributed by atoms with Crippen LogP contribution in [0, 0.1) is 12.8 Å². The first-order chi connectivity index (χ1) is 9.43. The van der Waals surface area contributed by atoms with E-state index in [1.807, 2.05) is 25.1 Å². The Morgan fingerprint density at radius 2 is 2.10 bits per heavy atom. The molecule has 0 bridgehead atoms. The lowest BCUT2D eigenvalue weighted by Gasteiger charge is -2.11. The van der Waals surface area contributed by atoms with Crippen LogP contribution in [0.15, 0.2) is 18.2 Å². The highest BCUT2D eigenvalue weighted by atomic mass is 16.5. The van der Waals surface area contributed by atoms with Crippen molar-refractivity contribution >= 4 is 11.9 Å². The maximum absolute atomic E-state index is 11.8. The van der Waals surface area contributed by atoms with Gasteiger partial charge in [0.1, 0.15) is 5.75 Å². The Morgan fingerprint density at radius 1 is 1.40 bits per heavy atom. The van der Waals surface area contributed by atoms with E-state index in [1.165, 1.54) is 0 Å². The van der Waals surface area contributed by atoms with Crippen molar-refractivity contribution in [2.45, 2.75) is 26.7 Å². The number of benzene rings is 1. The van der Waals surface area contributed by atoms with E-state index in [2.05, 4.69) is 5.32 Å². The number of carboxylic acid groups (broad SMARTS) is 1. The van der Waals surface area contributed by atoms with Gasteiger partial charge in [-0.05, 0) is 19.4 Å². The average molecular weight is 279 g/mol. The van der Waals surface area contributed by atoms with E-state index in [1.54, 1.807) is 14.0 Å². The van der Waals surface area contributed by atoms with Gasteiger partial charge in [-0.25, -0.2) is 0 Å². The average Bonchev–Trinajstić information content (AvgIpc) is 2.38. The molecule has 0 aliphatic heterocycles. The largest absolute Gasteiger partial charge is 0.496 e. The monoisotopic (exact) mass is 279 g/mol. The van der Waals surface area contributed by atoms with Gasteiger partial charge >= 0.3 is 5.97 Å². The molecule has 0 heterocycles. The maximum atomic E-state index is 11.8. The molecule has 1 amide bonds. The van der Waals surface area contributed by atoms with Gasteiger partial charge in [0, 0.05) is 12.1 Å². The Morgan fingerprint density at radius 3 is 2.70 bits per heavy atom. The number of nitrogens with one attached hydrogen (secondary N) is 1. The number of aliphatic carboxylic acids is 1. The van der Waals surface area contributed by atoms with Crippen molar-refractivity contribution in [1.82, 2.24) is 5.32 Å². The lowest BCUT2D eigenvalue weighted by Crippen LogP contribution is -2.28. The maximum Gasteiger partial charge on any atom is 0.306 e. The van der Waals surface area contributed by atoms with Crippen molar-refractivity contribution in [3.8, 4) is 5.75 Å². The van der Waals surface area contributed by atoms with Gasteiger partial charge in [-0.1, -0.05) is 24.6 Å². The molecule has 0 aliphatic carbocycles. The number of carbonyl (C=O) groups excluding carboxylic acids is 1. The smallest absolute Gasteiger partial charge is 0.306 e. The summed E-state index contributed by atoms with van der Waals surface area (Å²) in [6.07, 6.45) is 0.651. The highest BCUT2D eigenvalue weighted by Crippen LogP contribution is 2.20. The Kier molecular flexibility index (Phi) is 6.03. The first-order valence-electron chi connectivity index (χ1n) is 6.57. The van der Waals surface area contributed by atoms with Crippen LogP contribution < -0.4 is 10.1 Å². The van der Waals surface area contributed by atoms with Crippen LogP contribution in [0.3, 0.4) is 0 Å². The second kappa shape index (κ2) is 7.53. The summed E-state index contributed by atoms with van der Waals surface area (Å²) in [7, 11) is 1.57. The number of hydrogen-bond acceptors (Lipinski definition) is 3. The Labute approximate surface area is 118 Å². The summed E-state index contributed by atoms with van der Waals surface area (Å²) in [4.78, 5) is 22.5. The molecule has 1 atom stereocenters. The van der Waals surface area contributed by atoms with Crippen LogP contribution in [-0.4, -0.2) is 30.6 Å². The molecule has 0 spiro atoms. The Hall–Kier alpha value is -2.04. The van der Waals surface area contributed by atoms with Crippen LogP contribution in [0.1, 0.15) is 24.5 Å². The predicted octanol–water partition coefficient (Wildman–Crippen LogP) is 1.77. The molecule has 2 N–H and O–H groups in total. The van der Waals surface area contributed by atoms with E-state index >= 15 is 0 Å². The number of carboxylic acids is 1. The first-order valence-corrected chi connectivity index (χ1v) is 6.57. The van der Waals surface area contributed by atoms with Crippen molar-refractivity contribution in [2.75, 3.05) is 13.7 Å². The molecule has 1 rings (SSSR count). The third kappa shape index (κ3) is 4.91. The third-order valence-electron chi connectivity index (χ3n) is 3.11. The molecule has 20 heavy (non-hydrogen) atoms. The molecule has 5 nitrogen and oxygen atoms in total. The van der Waals surface area contributed by atoms with Gasteiger partial charge in [0.05, 0.1) is 19.4 Å². The van der Waals surface area contributed by atoms with Gasteiger partial charge in [-0.2, -0.15) is 0 Å². The van der Waals surface area contributed by atoms with Crippen LogP contribution in [0.5, 0.6) is 5.75 Å². The molecular formula is C15H21NO4. The second-order valence-corrected chi connectivity index (χ2v) is 4.87. The fourth-order valence-corrected chi connectivity index (χ4v) is 1.83. The van der Waals surface area contributed by atoms with Gasteiger partial charge in [0.25, 0.3) is 0 Å². The van der Waals surface area contributed by atoms with Gasteiger partial charge in [-0.15, -0.1) is 0 Å². The van der Waals surface area contributed by atoms with Crippen molar-refractivity contribution in [2.24, 2.45) is 5.92 Å². The third-order valence-corrected chi connectivity index (χ3v) is 3.11. The lowest BCUT2D eigenvalue weighted by molar-refractivity contribution is -0.141. The van der Waals surface area contributed by atoms with Crippen molar-refractivity contribution in [3.05, 3.63) is 29.3 Å². The first kappa shape index (κ1) is 16.0. The molecule has 1 unspecified atom stereocenters. The van der Waals surface area contributed by atoms with E-state index in [9.17, 15) is 9.59 Å². The normalized spacial score (nSPS) is 11.8. The highest BCUT2D eigenvalue weighted by Gasteiger charge is 2.12. The van der Waals surface area contributed by atoms with Gasteiger partial charge < -0.3 is 15.2 Å². The molecule has 1 aromatic carbocycles. The van der Waals surface area contributed by atoms with E-state index < -0.39 is 11.9 Å². The summed E-state index contributed by atoms with van der Waals surface area (Å²) in [5.41, 5.74) is 1.89. The van der Waals surface area contributed by atoms with Crippen LogP contribution in [-0.2, 0) is 16.0 Å². The minimum absolute atomic E-state index is 0.133. The lowest BCUT2D eigenvalue weighted by atomic mass is 10.1. The number of methoxy groups -OCH3 is 1. The molecule has 0 fully saturated rings. The van der Waals surface area contributed by atoms with E-state index in [0.29, 0.717) is 18.7 Å². The molecule has 0 saturated carbocycles.